The minimum atomic E-state index is 0.540. The smallest absolute Gasteiger partial charge is 0.189 e. The monoisotopic (exact) mass is 240 g/mol. The van der Waals surface area contributed by atoms with E-state index in [4.69, 9.17) is 5.73 Å². The molecule has 2 aromatic rings. The van der Waals surface area contributed by atoms with E-state index >= 15 is 0 Å². The van der Waals surface area contributed by atoms with Gasteiger partial charge in [0, 0.05) is 17.6 Å². The number of nitrogens with zero attached hydrogens (tertiary/aromatic N) is 2. The van der Waals surface area contributed by atoms with Gasteiger partial charge in [-0.3, -0.25) is 4.98 Å². The first-order chi connectivity index (χ1) is 8.83. The first kappa shape index (κ1) is 11.0. The molecule has 1 saturated carbocycles. The quantitative estimate of drug-likeness (QED) is 0.635. The molecule has 0 unspecified atom stereocenters. The maximum atomic E-state index is 5.83. The second-order valence-electron chi connectivity index (χ2n) is 4.61. The van der Waals surface area contributed by atoms with E-state index in [-0.39, 0.29) is 0 Å². The summed E-state index contributed by atoms with van der Waals surface area (Å²) >= 11 is 0. The summed E-state index contributed by atoms with van der Waals surface area (Å²) < 4.78 is 0. The van der Waals surface area contributed by atoms with Crippen LogP contribution >= 0.6 is 0 Å². The summed E-state index contributed by atoms with van der Waals surface area (Å²) in [6.07, 6.45) is 4.22. The van der Waals surface area contributed by atoms with Gasteiger partial charge in [0.05, 0.1) is 12.1 Å². The molecule has 4 heteroatoms. The lowest BCUT2D eigenvalue weighted by Gasteiger charge is -2.05. The Hall–Kier alpha value is -2.10. The molecule has 1 aromatic heterocycles. The van der Waals surface area contributed by atoms with Crippen LogP contribution in [-0.4, -0.2) is 17.0 Å². The second kappa shape index (κ2) is 4.64. The molecule has 1 aromatic carbocycles. The van der Waals surface area contributed by atoms with Gasteiger partial charge in [0.1, 0.15) is 0 Å². The second-order valence-corrected chi connectivity index (χ2v) is 4.61. The third-order valence-corrected chi connectivity index (χ3v) is 3.09. The Kier molecular flexibility index (Phi) is 2.84. The van der Waals surface area contributed by atoms with Crippen LogP contribution in [0.2, 0.25) is 0 Å². The zero-order valence-corrected chi connectivity index (χ0v) is 10.1. The van der Waals surface area contributed by atoms with Gasteiger partial charge >= 0.3 is 0 Å². The zero-order valence-electron chi connectivity index (χ0n) is 10.1. The molecule has 1 aliphatic carbocycles. The third-order valence-electron chi connectivity index (χ3n) is 3.09. The minimum absolute atomic E-state index is 0.540. The van der Waals surface area contributed by atoms with Crippen molar-refractivity contribution in [3.05, 3.63) is 42.1 Å². The van der Waals surface area contributed by atoms with Gasteiger partial charge in [0.15, 0.2) is 5.96 Å². The van der Waals surface area contributed by atoms with Gasteiger partial charge in [-0.25, -0.2) is 4.99 Å². The highest BCUT2D eigenvalue weighted by molar-refractivity contribution is 5.82. The average Bonchev–Trinajstić information content (AvgIpc) is 3.20. The SMILES string of the molecule is NC(=NCc1ccnc2ccccc12)NC1CC1. The molecule has 1 fully saturated rings. The van der Waals surface area contributed by atoms with Crippen LogP contribution in [-0.2, 0) is 6.54 Å². The molecule has 92 valence electrons. The largest absolute Gasteiger partial charge is 0.370 e. The fourth-order valence-corrected chi connectivity index (χ4v) is 1.95. The molecule has 3 rings (SSSR count). The molecule has 4 nitrogen and oxygen atoms in total. The Balaban J connectivity index is 1.81. The average molecular weight is 240 g/mol. The van der Waals surface area contributed by atoms with Crippen LogP contribution in [0.25, 0.3) is 10.9 Å². The predicted octanol–water partition coefficient (Wildman–Crippen LogP) is 1.80. The molecule has 0 spiro atoms. The van der Waals surface area contributed by atoms with E-state index in [0.717, 1.165) is 16.5 Å². The van der Waals surface area contributed by atoms with Crippen molar-refractivity contribution in [1.82, 2.24) is 10.3 Å². The Morgan fingerprint density at radius 3 is 3.00 bits per heavy atom. The summed E-state index contributed by atoms with van der Waals surface area (Å²) in [5.41, 5.74) is 7.98. The molecule has 1 aliphatic rings. The van der Waals surface area contributed by atoms with Crippen molar-refractivity contribution in [3.8, 4) is 0 Å². The molecule has 18 heavy (non-hydrogen) atoms. The molecule has 0 bridgehead atoms. The first-order valence-corrected chi connectivity index (χ1v) is 6.22. The number of benzene rings is 1. The Morgan fingerprint density at radius 1 is 1.33 bits per heavy atom. The lowest BCUT2D eigenvalue weighted by molar-refractivity contribution is 0.880. The standard InChI is InChI=1S/C14H16N4/c15-14(18-11-5-6-11)17-9-10-7-8-16-13-4-2-1-3-12(10)13/h1-4,7-8,11H,5-6,9H2,(H3,15,17,18). The fraction of sp³-hybridized carbons (Fsp3) is 0.286. The van der Waals surface area contributed by atoms with Crippen LogP contribution in [0.5, 0.6) is 0 Å². The molecule has 0 radical (unpaired) electrons. The van der Waals surface area contributed by atoms with Gasteiger partial charge < -0.3 is 11.1 Å². The van der Waals surface area contributed by atoms with Crippen LogP contribution in [0.1, 0.15) is 18.4 Å². The first-order valence-electron chi connectivity index (χ1n) is 6.22. The van der Waals surface area contributed by atoms with Crippen LogP contribution < -0.4 is 11.1 Å². The van der Waals surface area contributed by atoms with E-state index < -0.39 is 0 Å². The van der Waals surface area contributed by atoms with Gasteiger partial charge in [-0.2, -0.15) is 0 Å². The van der Waals surface area contributed by atoms with Crippen molar-refractivity contribution in [1.29, 1.82) is 0 Å². The topological polar surface area (TPSA) is 63.3 Å². The summed E-state index contributed by atoms with van der Waals surface area (Å²) in [6, 6.07) is 10.6. The van der Waals surface area contributed by atoms with Crippen molar-refractivity contribution in [2.24, 2.45) is 10.7 Å². The number of rotatable bonds is 3. The molecule has 3 N–H and O–H groups in total. The molecule has 0 amide bonds. The van der Waals surface area contributed by atoms with E-state index in [9.17, 15) is 0 Å². The number of hydrogen-bond acceptors (Lipinski definition) is 2. The highest BCUT2D eigenvalue weighted by Crippen LogP contribution is 2.19. The van der Waals surface area contributed by atoms with Crippen LogP contribution in [0, 0.1) is 0 Å². The van der Waals surface area contributed by atoms with Gasteiger partial charge in [-0.1, -0.05) is 18.2 Å². The number of pyridine rings is 1. The van der Waals surface area contributed by atoms with Crippen molar-refractivity contribution in [2.45, 2.75) is 25.4 Å². The number of fused-ring (bicyclic) bond motifs is 1. The molecule has 0 atom stereocenters. The van der Waals surface area contributed by atoms with E-state index in [1.807, 2.05) is 30.5 Å². The van der Waals surface area contributed by atoms with Crippen molar-refractivity contribution in [3.63, 3.8) is 0 Å². The lowest BCUT2D eigenvalue weighted by atomic mass is 10.1. The third kappa shape index (κ3) is 2.42. The Morgan fingerprint density at radius 2 is 2.17 bits per heavy atom. The summed E-state index contributed by atoms with van der Waals surface area (Å²) in [4.78, 5) is 8.71. The summed E-state index contributed by atoms with van der Waals surface area (Å²) in [6.45, 7) is 0.592. The number of guanidine groups is 1. The van der Waals surface area contributed by atoms with Crippen LogP contribution in [0.15, 0.2) is 41.5 Å². The van der Waals surface area contributed by atoms with E-state index in [0.29, 0.717) is 18.5 Å². The summed E-state index contributed by atoms with van der Waals surface area (Å²) in [7, 11) is 0. The van der Waals surface area contributed by atoms with Crippen molar-refractivity contribution >= 4 is 16.9 Å². The predicted molar refractivity (Wildman–Crippen MR) is 73.2 cm³/mol. The summed E-state index contributed by atoms with van der Waals surface area (Å²) in [5, 5.41) is 4.33. The van der Waals surface area contributed by atoms with Gasteiger partial charge in [-0.05, 0) is 30.5 Å². The number of aliphatic imine (C=N–C) groups is 1. The molecular formula is C14H16N4. The molecular weight excluding hydrogens is 224 g/mol. The zero-order chi connectivity index (χ0) is 12.4. The van der Waals surface area contributed by atoms with Crippen LogP contribution in [0.3, 0.4) is 0 Å². The van der Waals surface area contributed by atoms with E-state index in [2.05, 4.69) is 21.4 Å². The van der Waals surface area contributed by atoms with Crippen molar-refractivity contribution < 1.29 is 0 Å². The molecule has 0 aliphatic heterocycles. The Bertz CT molecular complexity index is 582. The lowest BCUT2D eigenvalue weighted by Crippen LogP contribution is -2.33. The number of hydrogen-bond donors (Lipinski definition) is 2. The van der Waals surface area contributed by atoms with Crippen LogP contribution in [0.4, 0.5) is 0 Å². The highest BCUT2D eigenvalue weighted by Gasteiger charge is 2.21. The minimum Gasteiger partial charge on any atom is -0.370 e. The van der Waals surface area contributed by atoms with Crippen molar-refractivity contribution in [2.75, 3.05) is 0 Å². The van der Waals surface area contributed by atoms with E-state index in [1.165, 1.54) is 12.8 Å². The summed E-state index contributed by atoms with van der Waals surface area (Å²) in [5.74, 6) is 0.540. The van der Waals surface area contributed by atoms with E-state index in [1.54, 1.807) is 0 Å². The highest BCUT2D eigenvalue weighted by atomic mass is 15.1. The van der Waals surface area contributed by atoms with Gasteiger partial charge in [-0.15, -0.1) is 0 Å². The number of nitrogens with one attached hydrogen (secondary N) is 1. The van der Waals surface area contributed by atoms with Gasteiger partial charge in [0.2, 0.25) is 0 Å². The fourth-order valence-electron chi connectivity index (χ4n) is 1.95. The maximum absolute atomic E-state index is 5.83. The number of aromatic nitrogens is 1. The Labute approximate surface area is 106 Å². The molecule has 0 saturated heterocycles. The number of para-hydroxylation sites is 1. The maximum Gasteiger partial charge on any atom is 0.189 e. The molecule has 1 heterocycles. The number of nitrogens with two attached hydrogens (primary N) is 1. The normalized spacial score (nSPS) is 15.9. The van der Waals surface area contributed by atoms with Gasteiger partial charge in [0.25, 0.3) is 0 Å².